The molecular formula is C16H19N3O2. The van der Waals surface area contributed by atoms with Crippen LogP contribution < -0.4 is 21.3 Å². The molecule has 2 aromatic rings. The van der Waals surface area contributed by atoms with Gasteiger partial charge in [0.05, 0.1) is 5.69 Å². The number of anilines is 1. The molecule has 0 aliphatic heterocycles. The Labute approximate surface area is 124 Å². The standard InChI is InChI=1S/C16H19N3O2/c1-2-13-9-6-10-14(18-16(20)19-17)15(13)21-11-12-7-4-3-5-8-12/h3-10H,2,11,17H2,1H3,(H2,18,19,20). The van der Waals surface area contributed by atoms with Crippen molar-refractivity contribution in [1.82, 2.24) is 5.43 Å². The van der Waals surface area contributed by atoms with Gasteiger partial charge in [0.15, 0.2) is 0 Å². The second-order valence-corrected chi connectivity index (χ2v) is 4.52. The van der Waals surface area contributed by atoms with Gasteiger partial charge in [-0.2, -0.15) is 0 Å². The third kappa shape index (κ3) is 3.97. The Morgan fingerprint density at radius 1 is 1.14 bits per heavy atom. The smallest absolute Gasteiger partial charge is 0.333 e. The van der Waals surface area contributed by atoms with Crippen LogP contribution in [0.2, 0.25) is 0 Å². The van der Waals surface area contributed by atoms with Crippen LogP contribution in [0.4, 0.5) is 10.5 Å². The summed E-state index contributed by atoms with van der Waals surface area (Å²) >= 11 is 0. The molecular weight excluding hydrogens is 266 g/mol. The maximum absolute atomic E-state index is 11.4. The first-order valence-corrected chi connectivity index (χ1v) is 6.80. The number of hydrazine groups is 1. The van der Waals surface area contributed by atoms with Gasteiger partial charge >= 0.3 is 6.03 Å². The lowest BCUT2D eigenvalue weighted by Gasteiger charge is -2.15. The second kappa shape index (κ2) is 7.31. The summed E-state index contributed by atoms with van der Waals surface area (Å²) in [7, 11) is 0. The van der Waals surface area contributed by atoms with Crippen molar-refractivity contribution in [1.29, 1.82) is 0 Å². The zero-order chi connectivity index (χ0) is 15.1. The van der Waals surface area contributed by atoms with E-state index in [1.807, 2.05) is 54.8 Å². The molecule has 0 aromatic heterocycles. The highest BCUT2D eigenvalue weighted by atomic mass is 16.5. The molecule has 2 aromatic carbocycles. The molecule has 0 saturated carbocycles. The molecule has 0 unspecified atom stereocenters. The van der Waals surface area contributed by atoms with Crippen molar-refractivity contribution in [3.8, 4) is 5.75 Å². The van der Waals surface area contributed by atoms with E-state index in [4.69, 9.17) is 10.6 Å². The van der Waals surface area contributed by atoms with Crippen LogP contribution >= 0.6 is 0 Å². The predicted molar refractivity (Wildman–Crippen MR) is 82.9 cm³/mol. The fourth-order valence-corrected chi connectivity index (χ4v) is 2.02. The Morgan fingerprint density at radius 2 is 1.90 bits per heavy atom. The molecule has 0 spiro atoms. The van der Waals surface area contributed by atoms with Gasteiger partial charge in [-0.25, -0.2) is 10.6 Å². The Balaban J connectivity index is 2.20. The number of para-hydroxylation sites is 1. The van der Waals surface area contributed by atoms with E-state index in [1.54, 1.807) is 6.07 Å². The third-order valence-corrected chi connectivity index (χ3v) is 3.08. The van der Waals surface area contributed by atoms with Crippen LogP contribution in [0, 0.1) is 0 Å². The molecule has 2 rings (SSSR count). The Kier molecular flexibility index (Phi) is 5.17. The zero-order valence-electron chi connectivity index (χ0n) is 11.9. The number of benzene rings is 2. The van der Waals surface area contributed by atoms with Gasteiger partial charge in [0.1, 0.15) is 12.4 Å². The monoisotopic (exact) mass is 285 g/mol. The van der Waals surface area contributed by atoms with Crippen LogP contribution in [0.5, 0.6) is 5.75 Å². The summed E-state index contributed by atoms with van der Waals surface area (Å²) in [5, 5.41) is 2.67. The molecule has 5 heteroatoms. The van der Waals surface area contributed by atoms with E-state index in [-0.39, 0.29) is 0 Å². The number of ether oxygens (including phenoxy) is 1. The number of nitrogens with two attached hydrogens (primary N) is 1. The molecule has 0 heterocycles. The fraction of sp³-hybridized carbons (Fsp3) is 0.188. The zero-order valence-corrected chi connectivity index (χ0v) is 11.9. The molecule has 0 saturated heterocycles. The quantitative estimate of drug-likeness (QED) is 0.449. The van der Waals surface area contributed by atoms with E-state index >= 15 is 0 Å². The van der Waals surface area contributed by atoms with E-state index < -0.39 is 6.03 Å². The highest BCUT2D eigenvalue weighted by Crippen LogP contribution is 2.30. The average Bonchev–Trinajstić information content (AvgIpc) is 2.54. The number of urea groups is 1. The van der Waals surface area contributed by atoms with Gasteiger partial charge < -0.3 is 10.1 Å². The van der Waals surface area contributed by atoms with E-state index in [1.165, 1.54) is 0 Å². The maximum atomic E-state index is 11.4. The minimum atomic E-state index is -0.479. The minimum Gasteiger partial charge on any atom is -0.486 e. The van der Waals surface area contributed by atoms with Crippen molar-refractivity contribution < 1.29 is 9.53 Å². The van der Waals surface area contributed by atoms with Gasteiger partial charge in [-0.3, -0.25) is 5.43 Å². The summed E-state index contributed by atoms with van der Waals surface area (Å²) in [6.07, 6.45) is 0.809. The van der Waals surface area contributed by atoms with Crippen LogP contribution in [0.15, 0.2) is 48.5 Å². The van der Waals surface area contributed by atoms with Gasteiger partial charge in [0, 0.05) is 0 Å². The summed E-state index contributed by atoms with van der Waals surface area (Å²) in [5.41, 5.74) is 4.75. The number of amides is 2. The fourth-order valence-electron chi connectivity index (χ4n) is 2.02. The summed E-state index contributed by atoms with van der Waals surface area (Å²) in [6.45, 7) is 2.48. The SMILES string of the molecule is CCc1cccc(NC(=O)NN)c1OCc1ccccc1. The lowest BCUT2D eigenvalue weighted by Crippen LogP contribution is -2.34. The molecule has 0 bridgehead atoms. The average molecular weight is 285 g/mol. The number of carbonyl (C=O) groups is 1. The first-order chi connectivity index (χ1) is 10.2. The van der Waals surface area contributed by atoms with Gasteiger partial charge in [-0.05, 0) is 23.6 Å². The van der Waals surface area contributed by atoms with E-state index in [9.17, 15) is 4.79 Å². The molecule has 0 fully saturated rings. The van der Waals surface area contributed by atoms with Crippen molar-refractivity contribution in [2.24, 2.45) is 5.84 Å². The summed E-state index contributed by atoms with van der Waals surface area (Å²) in [6, 6.07) is 15.0. The lowest BCUT2D eigenvalue weighted by molar-refractivity contribution is 0.252. The van der Waals surface area contributed by atoms with Crippen molar-refractivity contribution in [3.63, 3.8) is 0 Å². The van der Waals surface area contributed by atoms with E-state index in [0.717, 1.165) is 17.5 Å². The largest absolute Gasteiger partial charge is 0.486 e. The molecule has 110 valence electrons. The van der Waals surface area contributed by atoms with Gasteiger partial charge in [-0.1, -0.05) is 49.4 Å². The highest BCUT2D eigenvalue weighted by Gasteiger charge is 2.11. The first kappa shape index (κ1) is 14.9. The highest BCUT2D eigenvalue weighted by molar-refractivity contribution is 5.90. The molecule has 5 nitrogen and oxygen atoms in total. The van der Waals surface area contributed by atoms with Crippen LogP contribution in [-0.2, 0) is 13.0 Å². The Hall–Kier alpha value is -2.53. The van der Waals surface area contributed by atoms with Crippen LogP contribution in [0.1, 0.15) is 18.1 Å². The topological polar surface area (TPSA) is 76.4 Å². The van der Waals surface area contributed by atoms with Crippen molar-refractivity contribution in [2.75, 3.05) is 5.32 Å². The molecule has 4 N–H and O–H groups in total. The number of hydrogen-bond acceptors (Lipinski definition) is 3. The summed E-state index contributed by atoms with van der Waals surface area (Å²) in [4.78, 5) is 11.4. The lowest BCUT2D eigenvalue weighted by atomic mass is 10.1. The van der Waals surface area contributed by atoms with Crippen molar-refractivity contribution in [3.05, 3.63) is 59.7 Å². The van der Waals surface area contributed by atoms with Crippen LogP contribution in [0.3, 0.4) is 0 Å². The number of rotatable bonds is 5. The van der Waals surface area contributed by atoms with Crippen LogP contribution in [0.25, 0.3) is 0 Å². The number of nitrogens with one attached hydrogen (secondary N) is 2. The molecule has 0 radical (unpaired) electrons. The van der Waals surface area contributed by atoms with Crippen molar-refractivity contribution >= 4 is 11.7 Å². The molecule has 2 amide bonds. The Bertz CT molecular complexity index is 600. The number of hydrogen-bond donors (Lipinski definition) is 3. The number of aryl methyl sites for hydroxylation is 1. The maximum Gasteiger partial charge on any atom is 0.333 e. The van der Waals surface area contributed by atoms with Gasteiger partial charge in [0.25, 0.3) is 0 Å². The first-order valence-electron chi connectivity index (χ1n) is 6.80. The normalized spacial score (nSPS) is 10.0. The number of carbonyl (C=O) groups excluding carboxylic acids is 1. The minimum absolute atomic E-state index is 0.441. The van der Waals surface area contributed by atoms with E-state index in [0.29, 0.717) is 18.0 Å². The Morgan fingerprint density at radius 3 is 2.57 bits per heavy atom. The van der Waals surface area contributed by atoms with Gasteiger partial charge in [-0.15, -0.1) is 0 Å². The van der Waals surface area contributed by atoms with Crippen LogP contribution in [-0.4, -0.2) is 6.03 Å². The second-order valence-electron chi connectivity index (χ2n) is 4.52. The van der Waals surface area contributed by atoms with Gasteiger partial charge in [0.2, 0.25) is 0 Å². The summed E-state index contributed by atoms with van der Waals surface area (Å²) in [5.74, 6) is 5.78. The van der Waals surface area contributed by atoms with E-state index in [2.05, 4.69) is 5.32 Å². The predicted octanol–water partition coefficient (Wildman–Crippen LogP) is 2.82. The molecule has 0 atom stereocenters. The molecule has 21 heavy (non-hydrogen) atoms. The molecule has 0 aliphatic carbocycles. The van der Waals surface area contributed by atoms with Crippen molar-refractivity contribution in [2.45, 2.75) is 20.0 Å². The molecule has 0 aliphatic rings. The third-order valence-electron chi connectivity index (χ3n) is 3.08. The summed E-state index contributed by atoms with van der Waals surface area (Å²) < 4.78 is 5.91.